The summed E-state index contributed by atoms with van der Waals surface area (Å²) < 4.78 is 2.27. The van der Waals surface area contributed by atoms with Crippen LogP contribution < -0.4 is 0 Å². The molecule has 0 radical (unpaired) electrons. The topological polar surface area (TPSA) is 17.8 Å². The Kier molecular flexibility index (Phi) is 2.86. The molecule has 2 nitrogen and oxygen atoms in total. The van der Waals surface area contributed by atoms with Crippen LogP contribution in [0.5, 0.6) is 0 Å². The number of imidazole rings is 1. The lowest BCUT2D eigenvalue weighted by Gasteiger charge is -2.08. The van der Waals surface area contributed by atoms with Crippen molar-refractivity contribution >= 4 is 11.0 Å². The Morgan fingerprint density at radius 2 is 1.68 bits per heavy atom. The van der Waals surface area contributed by atoms with Gasteiger partial charge in [0.2, 0.25) is 0 Å². The first kappa shape index (κ1) is 12.0. The fourth-order valence-corrected chi connectivity index (χ4v) is 2.48. The fraction of sp³-hybridized carbons (Fsp3) is 0.235. The summed E-state index contributed by atoms with van der Waals surface area (Å²) in [5.74, 6) is 1.12. The van der Waals surface area contributed by atoms with Crippen molar-refractivity contribution in [1.29, 1.82) is 0 Å². The molecule has 2 heteroatoms. The lowest BCUT2D eigenvalue weighted by molar-refractivity contribution is 0.908. The third-order valence-electron chi connectivity index (χ3n) is 3.67. The molecule has 19 heavy (non-hydrogen) atoms. The number of hydrogen-bond donors (Lipinski definition) is 0. The Hall–Kier alpha value is -2.09. The molecule has 0 N–H and O–H groups in total. The van der Waals surface area contributed by atoms with Gasteiger partial charge in [0.15, 0.2) is 0 Å². The van der Waals surface area contributed by atoms with Crippen LogP contribution in [-0.4, -0.2) is 9.55 Å². The van der Waals surface area contributed by atoms with E-state index in [4.69, 9.17) is 4.98 Å². The Balaban J connectivity index is 2.36. The van der Waals surface area contributed by atoms with E-state index in [1.165, 1.54) is 22.3 Å². The number of rotatable bonds is 2. The fourth-order valence-electron chi connectivity index (χ4n) is 2.48. The highest BCUT2D eigenvalue weighted by atomic mass is 15.1. The largest absolute Gasteiger partial charge is 0.296 e. The smallest absolute Gasteiger partial charge is 0.114 e. The first-order valence-corrected chi connectivity index (χ1v) is 6.74. The summed E-state index contributed by atoms with van der Waals surface area (Å²) >= 11 is 0. The number of fused-ring (bicyclic) bond motifs is 1. The van der Waals surface area contributed by atoms with Crippen molar-refractivity contribution in [2.45, 2.75) is 27.2 Å². The van der Waals surface area contributed by atoms with Gasteiger partial charge in [0, 0.05) is 12.1 Å². The molecule has 0 aliphatic carbocycles. The van der Waals surface area contributed by atoms with E-state index in [2.05, 4.69) is 61.7 Å². The molecule has 0 spiro atoms. The van der Waals surface area contributed by atoms with Crippen molar-refractivity contribution in [2.75, 3.05) is 0 Å². The van der Waals surface area contributed by atoms with Crippen LogP contribution in [0.15, 0.2) is 42.5 Å². The maximum absolute atomic E-state index is 4.77. The van der Waals surface area contributed by atoms with Gasteiger partial charge in [0.05, 0.1) is 11.0 Å². The molecule has 1 heterocycles. The van der Waals surface area contributed by atoms with E-state index in [0.29, 0.717) is 0 Å². The van der Waals surface area contributed by atoms with E-state index in [1.807, 2.05) is 6.07 Å². The van der Waals surface area contributed by atoms with E-state index in [0.717, 1.165) is 17.8 Å². The predicted molar refractivity (Wildman–Crippen MR) is 79.9 cm³/mol. The van der Waals surface area contributed by atoms with Gasteiger partial charge in [-0.1, -0.05) is 25.1 Å². The van der Waals surface area contributed by atoms with Crippen molar-refractivity contribution < 1.29 is 0 Å². The second-order valence-corrected chi connectivity index (χ2v) is 4.98. The predicted octanol–water partition coefficient (Wildman–Crippen LogP) is 4.20. The van der Waals surface area contributed by atoms with Gasteiger partial charge in [-0.2, -0.15) is 0 Å². The average Bonchev–Trinajstić information content (AvgIpc) is 2.78. The molecule has 0 fully saturated rings. The summed E-state index contributed by atoms with van der Waals surface area (Å²) in [6.07, 6.45) is 0.932. The molecule has 3 aromatic rings. The van der Waals surface area contributed by atoms with E-state index < -0.39 is 0 Å². The summed E-state index contributed by atoms with van der Waals surface area (Å²) in [4.78, 5) is 4.77. The maximum Gasteiger partial charge on any atom is 0.114 e. The standard InChI is InChI=1S/C17H18N2/c1-4-17-18-15-10-12(2)13(3)11-16(15)19(17)14-8-6-5-7-9-14/h5-11H,4H2,1-3H3. The second kappa shape index (κ2) is 4.54. The highest BCUT2D eigenvalue weighted by Gasteiger charge is 2.11. The Morgan fingerprint density at radius 1 is 1.00 bits per heavy atom. The first-order chi connectivity index (χ1) is 9.20. The van der Waals surface area contributed by atoms with E-state index >= 15 is 0 Å². The van der Waals surface area contributed by atoms with Crippen molar-refractivity contribution in [1.82, 2.24) is 9.55 Å². The molecule has 96 valence electrons. The Labute approximate surface area is 113 Å². The van der Waals surface area contributed by atoms with Crippen LogP contribution in [0.1, 0.15) is 23.9 Å². The number of aryl methyl sites for hydroxylation is 3. The third kappa shape index (κ3) is 1.93. The number of aromatic nitrogens is 2. The van der Waals surface area contributed by atoms with Gasteiger partial charge in [-0.15, -0.1) is 0 Å². The van der Waals surface area contributed by atoms with Crippen LogP contribution in [0, 0.1) is 13.8 Å². The van der Waals surface area contributed by atoms with Crippen LogP contribution in [0.25, 0.3) is 16.7 Å². The lowest BCUT2D eigenvalue weighted by Crippen LogP contribution is -1.99. The van der Waals surface area contributed by atoms with Gasteiger partial charge in [-0.05, 0) is 49.2 Å². The van der Waals surface area contributed by atoms with Crippen molar-refractivity contribution in [2.24, 2.45) is 0 Å². The van der Waals surface area contributed by atoms with Crippen molar-refractivity contribution in [3.05, 3.63) is 59.4 Å². The zero-order valence-corrected chi connectivity index (χ0v) is 11.6. The Bertz CT molecular complexity index is 724. The Morgan fingerprint density at radius 3 is 2.37 bits per heavy atom. The molecule has 0 aliphatic rings. The van der Waals surface area contributed by atoms with Crippen LogP contribution in [-0.2, 0) is 6.42 Å². The summed E-state index contributed by atoms with van der Waals surface area (Å²) in [7, 11) is 0. The minimum absolute atomic E-state index is 0.932. The number of nitrogens with zero attached hydrogens (tertiary/aromatic N) is 2. The molecule has 0 unspecified atom stereocenters. The SMILES string of the molecule is CCc1nc2cc(C)c(C)cc2n1-c1ccccc1. The zero-order valence-electron chi connectivity index (χ0n) is 11.6. The van der Waals surface area contributed by atoms with E-state index in [-0.39, 0.29) is 0 Å². The third-order valence-corrected chi connectivity index (χ3v) is 3.67. The van der Waals surface area contributed by atoms with Gasteiger partial charge >= 0.3 is 0 Å². The first-order valence-electron chi connectivity index (χ1n) is 6.74. The van der Waals surface area contributed by atoms with E-state index in [9.17, 15) is 0 Å². The molecule has 0 atom stereocenters. The van der Waals surface area contributed by atoms with Gasteiger partial charge in [-0.25, -0.2) is 4.98 Å². The molecule has 0 saturated carbocycles. The monoisotopic (exact) mass is 250 g/mol. The highest BCUT2D eigenvalue weighted by molar-refractivity contribution is 5.80. The maximum atomic E-state index is 4.77. The number of benzene rings is 2. The summed E-state index contributed by atoms with van der Waals surface area (Å²) in [5, 5.41) is 0. The van der Waals surface area contributed by atoms with Crippen LogP contribution in [0.2, 0.25) is 0 Å². The molecule has 0 saturated heterocycles. The van der Waals surface area contributed by atoms with Gasteiger partial charge in [-0.3, -0.25) is 4.57 Å². The quantitative estimate of drug-likeness (QED) is 0.666. The van der Waals surface area contributed by atoms with Crippen LogP contribution in [0.4, 0.5) is 0 Å². The summed E-state index contributed by atoms with van der Waals surface area (Å²) in [6.45, 7) is 6.45. The number of hydrogen-bond acceptors (Lipinski definition) is 1. The lowest BCUT2D eigenvalue weighted by atomic mass is 10.1. The molecule has 2 aromatic carbocycles. The molecule has 0 aliphatic heterocycles. The average molecular weight is 250 g/mol. The van der Waals surface area contributed by atoms with Gasteiger partial charge in [0.25, 0.3) is 0 Å². The molecule has 0 amide bonds. The zero-order chi connectivity index (χ0) is 13.4. The molecule has 1 aromatic heterocycles. The second-order valence-electron chi connectivity index (χ2n) is 4.98. The molecular weight excluding hydrogens is 232 g/mol. The highest BCUT2D eigenvalue weighted by Crippen LogP contribution is 2.24. The molecule has 0 bridgehead atoms. The molecular formula is C17H18N2. The van der Waals surface area contributed by atoms with Gasteiger partial charge in [0.1, 0.15) is 5.82 Å². The number of para-hydroxylation sites is 1. The summed E-state index contributed by atoms with van der Waals surface area (Å²) in [5.41, 5.74) is 6.08. The molecule has 3 rings (SSSR count). The van der Waals surface area contributed by atoms with E-state index in [1.54, 1.807) is 0 Å². The minimum Gasteiger partial charge on any atom is -0.296 e. The van der Waals surface area contributed by atoms with Crippen LogP contribution in [0.3, 0.4) is 0 Å². The normalized spacial score (nSPS) is 11.1. The van der Waals surface area contributed by atoms with Crippen LogP contribution >= 0.6 is 0 Å². The summed E-state index contributed by atoms with van der Waals surface area (Å²) in [6, 6.07) is 14.9. The van der Waals surface area contributed by atoms with Gasteiger partial charge < -0.3 is 0 Å². The van der Waals surface area contributed by atoms with Crippen molar-refractivity contribution in [3.8, 4) is 5.69 Å². The van der Waals surface area contributed by atoms with Crippen molar-refractivity contribution in [3.63, 3.8) is 0 Å². The minimum atomic E-state index is 0.932.